The maximum absolute atomic E-state index is 10.9. The van der Waals surface area contributed by atoms with E-state index in [1.165, 1.54) is 0 Å². The highest BCUT2D eigenvalue weighted by Crippen LogP contribution is 2.31. The largest absolute Gasteiger partial charge is 0.388 e. The van der Waals surface area contributed by atoms with Gasteiger partial charge in [-0.2, -0.15) is 0 Å². The summed E-state index contributed by atoms with van der Waals surface area (Å²) in [5.41, 5.74) is 0.993. The minimum Gasteiger partial charge on any atom is -0.388 e. The van der Waals surface area contributed by atoms with Crippen LogP contribution in [0.1, 0.15) is 24.8 Å². The van der Waals surface area contributed by atoms with Crippen molar-refractivity contribution >= 4 is 6.08 Å². The van der Waals surface area contributed by atoms with Gasteiger partial charge in [0, 0.05) is 11.3 Å². The molecule has 18 heavy (non-hydrogen) atoms. The van der Waals surface area contributed by atoms with E-state index >= 15 is 0 Å². The number of nitro groups is 1. The first-order valence-corrected chi connectivity index (χ1v) is 6.23. The number of nitrogens with zero attached hydrogens (tertiary/aromatic N) is 1. The molecule has 0 amide bonds. The summed E-state index contributed by atoms with van der Waals surface area (Å²) < 4.78 is 0. The van der Waals surface area contributed by atoms with Crippen molar-refractivity contribution < 1.29 is 10.0 Å². The molecule has 0 radical (unpaired) electrons. The lowest BCUT2D eigenvalue weighted by Crippen LogP contribution is -2.31. The van der Waals surface area contributed by atoms with Crippen molar-refractivity contribution in [3.63, 3.8) is 0 Å². The molecule has 1 N–H and O–H groups in total. The average Bonchev–Trinajstić information content (AvgIpc) is 2.86. The highest BCUT2D eigenvalue weighted by atomic mass is 16.6. The predicted octanol–water partition coefficient (Wildman–Crippen LogP) is 2.51. The van der Waals surface area contributed by atoms with Gasteiger partial charge in [0.15, 0.2) is 0 Å². The molecule has 4 heteroatoms. The van der Waals surface area contributed by atoms with Crippen molar-refractivity contribution in [1.29, 1.82) is 0 Å². The average molecular weight is 247 g/mol. The summed E-state index contributed by atoms with van der Waals surface area (Å²) in [6, 6.07) is 9.03. The molecule has 1 aromatic carbocycles. The number of benzene rings is 1. The van der Waals surface area contributed by atoms with Crippen LogP contribution >= 0.6 is 0 Å². The second-order valence-corrected chi connectivity index (χ2v) is 4.71. The molecule has 0 aliphatic heterocycles. The summed E-state index contributed by atoms with van der Waals surface area (Å²) in [5, 5.41) is 20.9. The zero-order valence-electron chi connectivity index (χ0n) is 10.1. The topological polar surface area (TPSA) is 63.4 Å². The molecular formula is C14H17NO3. The van der Waals surface area contributed by atoms with Crippen molar-refractivity contribution in [2.24, 2.45) is 5.92 Å². The van der Waals surface area contributed by atoms with Crippen molar-refractivity contribution in [2.75, 3.05) is 0 Å². The molecule has 1 aromatic rings. The lowest BCUT2D eigenvalue weighted by molar-refractivity contribution is -0.530. The first kappa shape index (κ1) is 12.8. The third-order valence-electron chi connectivity index (χ3n) is 3.53. The molecule has 1 aliphatic carbocycles. The van der Waals surface area contributed by atoms with E-state index in [1.807, 2.05) is 36.4 Å². The Morgan fingerprint density at radius 3 is 2.72 bits per heavy atom. The van der Waals surface area contributed by atoms with Crippen molar-refractivity contribution in [3.05, 3.63) is 52.1 Å². The number of hydrogen-bond donors (Lipinski definition) is 1. The molecule has 0 saturated heterocycles. The van der Waals surface area contributed by atoms with E-state index in [-0.39, 0.29) is 10.8 Å². The summed E-state index contributed by atoms with van der Waals surface area (Å²) in [5.74, 6) is -0.250. The molecule has 1 aliphatic rings. The zero-order chi connectivity index (χ0) is 13.0. The van der Waals surface area contributed by atoms with Crippen LogP contribution in [0.5, 0.6) is 0 Å². The Hall–Kier alpha value is -1.68. The second kappa shape index (κ2) is 5.78. The van der Waals surface area contributed by atoms with Gasteiger partial charge < -0.3 is 5.11 Å². The molecule has 3 unspecified atom stereocenters. The summed E-state index contributed by atoms with van der Waals surface area (Å²) in [6.45, 7) is 0. The third kappa shape index (κ3) is 2.96. The highest BCUT2D eigenvalue weighted by molar-refractivity contribution is 5.49. The maximum atomic E-state index is 10.9. The monoisotopic (exact) mass is 247 g/mol. The quantitative estimate of drug-likeness (QED) is 0.656. The van der Waals surface area contributed by atoms with Crippen molar-refractivity contribution in [1.82, 2.24) is 0 Å². The fourth-order valence-corrected chi connectivity index (χ4v) is 2.55. The first-order valence-electron chi connectivity index (χ1n) is 6.23. The molecule has 2 rings (SSSR count). The van der Waals surface area contributed by atoms with Gasteiger partial charge in [-0.3, -0.25) is 10.1 Å². The van der Waals surface area contributed by atoms with Crippen LogP contribution in [0.15, 0.2) is 36.4 Å². The molecule has 1 saturated carbocycles. The zero-order valence-corrected chi connectivity index (χ0v) is 10.1. The van der Waals surface area contributed by atoms with Crippen LogP contribution in [0.2, 0.25) is 0 Å². The Morgan fingerprint density at radius 1 is 1.33 bits per heavy atom. The lowest BCUT2D eigenvalue weighted by atomic mass is 9.96. The SMILES string of the molecule is O=[N+]([O-])C1CCCC1C(O)/C=C/c1ccccc1. The van der Waals surface area contributed by atoms with Gasteiger partial charge in [-0.1, -0.05) is 42.5 Å². The van der Waals surface area contributed by atoms with Crippen molar-refractivity contribution in [2.45, 2.75) is 31.4 Å². The van der Waals surface area contributed by atoms with Crippen LogP contribution in [0.4, 0.5) is 0 Å². The second-order valence-electron chi connectivity index (χ2n) is 4.71. The van der Waals surface area contributed by atoms with Crippen molar-refractivity contribution in [3.8, 4) is 0 Å². The summed E-state index contributed by atoms with van der Waals surface area (Å²) in [6.07, 6.45) is 4.89. The van der Waals surface area contributed by atoms with Crippen LogP contribution in [0.25, 0.3) is 6.08 Å². The van der Waals surface area contributed by atoms with E-state index in [4.69, 9.17) is 0 Å². The summed E-state index contributed by atoms with van der Waals surface area (Å²) in [4.78, 5) is 10.6. The first-order chi connectivity index (χ1) is 8.68. The molecule has 4 nitrogen and oxygen atoms in total. The Morgan fingerprint density at radius 2 is 2.06 bits per heavy atom. The third-order valence-corrected chi connectivity index (χ3v) is 3.53. The number of aliphatic hydroxyl groups is 1. The predicted molar refractivity (Wildman–Crippen MR) is 69.6 cm³/mol. The maximum Gasteiger partial charge on any atom is 0.218 e. The van der Waals surface area contributed by atoms with Gasteiger partial charge in [-0.25, -0.2) is 0 Å². The number of hydrogen-bond acceptors (Lipinski definition) is 3. The van der Waals surface area contributed by atoms with E-state index in [0.29, 0.717) is 6.42 Å². The van der Waals surface area contributed by atoms with Gasteiger partial charge in [0.25, 0.3) is 0 Å². The van der Waals surface area contributed by atoms with Crippen LogP contribution in [0.3, 0.4) is 0 Å². The smallest absolute Gasteiger partial charge is 0.218 e. The Bertz CT molecular complexity index is 430. The molecule has 0 aromatic heterocycles. The molecule has 3 atom stereocenters. The molecule has 1 fully saturated rings. The highest BCUT2D eigenvalue weighted by Gasteiger charge is 2.39. The Kier molecular flexibility index (Phi) is 4.10. The van der Waals surface area contributed by atoms with Gasteiger partial charge >= 0.3 is 0 Å². The van der Waals surface area contributed by atoms with E-state index in [9.17, 15) is 15.2 Å². The van der Waals surface area contributed by atoms with Gasteiger partial charge in [0.1, 0.15) is 0 Å². The summed E-state index contributed by atoms with van der Waals surface area (Å²) in [7, 11) is 0. The molecule has 0 spiro atoms. The van der Waals surface area contributed by atoms with Gasteiger partial charge in [-0.05, 0) is 18.4 Å². The molecule has 0 heterocycles. The molecular weight excluding hydrogens is 230 g/mol. The van der Waals surface area contributed by atoms with Gasteiger partial charge in [0.2, 0.25) is 6.04 Å². The van der Waals surface area contributed by atoms with E-state index in [0.717, 1.165) is 18.4 Å². The van der Waals surface area contributed by atoms with Crippen LogP contribution < -0.4 is 0 Å². The van der Waals surface area contributed by atoms with E-state index < -0.39 is 12.1 Å². The Balaban J connectivity index is 2.01. The fraction of sp³-hybridized carbons (Fsp3) is 0.429. The van der Waals surface area contributed by atoms with Crippen LogP contribution in [0, 0.1) is 16.0 Å². The molecule has 0 bridgehead atoms. The van der Waals surface area contributed by atoms with Gasteiger partial charge in [-0.15, -0.1) is 0 Å². The van der Waals surface area contributed by atoms with Crippen LogP contribution in [-0.2, 0) is 0 Å². The van der Waals surface area contributed by atoms with Crippen LogP contribution in [-0.4, -0.2) is 22.2 Å². The Labute approximate surface area is 106 Å². The summed E-state index contributed by atoms with van der Waals surface area (Å²) >= 11 is 0. The normalized spacial score (nSPS) is 25.4. The minimum absolute atomic E-state index is 0.250. The standard InChI is InChI=1S/C14H17NO3/c16-14(10-9-11-5-2-1-3-6-11)12-7-4-8-13(12)15(17)18/h1-3,5-6,9-10,12-14,16H,4,7-8H2/b10-9+. The van der Waals surface area contributed by atoms with Gasteiger partial charge in [0.05, 0.1) is 12.0 Å². The van der Waals surface area contributed by atoms with E-state index in [1.54, 1.807) is 6.08 Å². The number of rotatable bonds is 4. The fourth-order valence-electron chi connectivity index (χ4n) is 2.55. The molecule has 96 valence electrons. The van der Waals surface area contributed by atoms with E-state index in [2.05, 4.69) is 0 Å². The lowest BCUT2D eigenvalue weighted by Gasteiger charge is -2.16. The number of aliphatic hydroxyl groups excluding tert-OH is 1. The minimum atomic E-state index is -0.733.